The van der Waals surface area contributed by atoms with E-state index in [4.69, 9.17) is 11.6 Å². The number of carbonyl (C=O) groups excluding carboxylic acids is 2. The molecule has 0 atom stereocenters. The summed E-state index contributed by atoms with van der Waals surface area (Å²) in [5.41, 5.74) is 4.07. The van der Waals surface area contributed by atoms with Gasteiger partial charge in [-0.3, -0.25) is 29.1 Å². The Kier molecular flexibility index (Phi) is 12.4. The molecule has 4 aromatic heterocycles. The van der Waals surface area contributed by atoms with E-state index in [0.29, 0.717) is 52.0 Å². The molecule has 0 bridgehead atoms. The molecule has 14 heteroatoms. The van der Waals surface area contributed by atoms with Gasteiger partial charge in [0.05, 0.1) is 28.4 Å². The quantitative estimate of drug-likeness (QED) is 0.121. The standard InChI is InChI=1S/C20H20N4O3.C19H17ClN4O2/c1-3-24-20(27)19(22-16-8-6-14(12-25)7-9-16)17(13(2)26)18(23-24)15-5-4-10-21-11-15;1-3-24-19(26)18(22-15-9-5-4-8-14(15)20)16(12(2)25)17(23-24)13-7-6-10-21-11-13/h4-11,22,25H,3,12H2,1-2H3;4-11,22H,3H2,1-2H3. The molecule has 4 heterocycles. The summed E-state index contributed by atoms with van der Waals surface area (Å²) in [6, 6.07) is 21.1. The van der Waals surface area contributed by atoms with Gasteiger partial charge in [0, 0.05) is 54.7 Å². The van der Waals surface area contributed by atoms with Crippen LogP contribution in [0.15, 0.2) is 107 Å². The highest BCUT2D eigenvalue weighted by atomic mass is 35.5. The molecule has 0 aliphatic carbocycles. The Bertz CT molecular complexity index is 2360. The van der Waals surface area contributed by atoms with Crippen LogP contribution < -0.4 is 21.8 Å². The molecule has 13 nitrogen and oxygen atoms in total. The molecule has 3 N–H and O–H groups in total. The summed E-state index contributed by atoms with van der Waals surface area (Å²) >= 11 is 6.21. The zero-order chi connectivity index (χ0) is 38.1. The van der Waals surface area contributed by atoms with Gasteiger partial charge < -0.3 is 15.7 Å². The van der Waals surface area contributed by atoms with E-state index in [1.807, 2.05) is 13.8 Å². The fourth-order valence-electron chi connectivity index (χ4n) is 5.43. The van der Waals surface area contributed by atoms with Gasteiger partial charge >= 0.3 is 0 Å². The zero-order valence-electron chi connectivity index (χ0n) is 29.5. The molecule has 6 rings (SSSR count). The second-order valence-electron chi connectivity index (χ2n) is 11.6. The third-order valence-corrected chi connectivity index (χ3v) is 8.35. The Morgan fingerprint density at radius 3 is 1.60 bits per heavy atom. The van der Waals surface area contributed by atoms with Gasteiger partial charge in [-0.2, -0.15) is 10.2 Å². The van der Waals surface area contributed by atoms with E-state index in [-0.39, 0.29) is 51.8 Å². The van der Waals surface area contributed by atoms with Gasteiger partial charge in [0.25, 0.3) is 11.1 Å². The van der Waals surface area contributed by atoms with Crippen molar-refractivity contribution in [3.8, 4) is 22.5 Å². The lowest BCUT2D eigenvalue weighted by Crippen LogP contribution is -2.28. The number of hydrogen-bond donors (Lipinski definition) is 3. The molecule has 270 valence electrons. The lowest BCUT2D eigenvalue weighted by atomic mass is 10.0. The van der Waals surface area contributed by atoms with Crippen LogP contribution in [0.25, 0.3) is 22.5 Å². The molecular weight excluding hydrogens is 696 g/mol. The first-order chi connectivity index (χ1) is 25.6. The Labute approximate surface area is 310 Å². The first kappa shape index (κ1) is 37.9. The van der Waals surface area contributed by atoms with E-state index in [9.17, 15) is 24.3 Å². The summed E-state index contributed by atoms with van der Waals surface area (Å²) < 4.78 is 2.63. The molecule has 0 radical (unpaired) electrons. The van der Waals surface area contributed by atoms with Gasteiger partial charge in [-0.25, -0.2) is 9.36 Å². The van der Waals surface area contributed by atoms with Gasteiger partial charge in [-0.15, -0.1) is 0 Å². The van der Waals surface area contributed by atoms with Crippen molar-refractivity contribution in [1.82, 2.24) is 29.5 Å². The fraction of sp³-hybridized carbons (Fsp3) is 0.179. The zero-order valence-corrected chi connectivity index (χ0v) is 30.3. The normalized spacial score (nSPS) is 10.6. The minimum atomic E-state index is -0.384. The third kappa shape index (κ3) is 8.60. The maximum absolute atomic E-state index is 12.9. The first-order valence-electron chi connectivity index (χ1n) is 16.7. The maximum atomic E-state index is 12.9. The average molecular weight is 733 g/mol. The van der Waals surface area contributed by atoms with Crippen LogP contribution in [0, 0.1) is 0 Å². The van der Waals surface area contributed by atoms with Crippen LogP contribution in [-0.4, -0.2) is 46.2 Å². The third-order valence-electron chi connectivity index (χ3n) is 8.02. The molecule has 0 spiro atoms. The topological polar surface area (TPSA) is 174 Å². The molecule has 0 unspecified atom stereocenters. The van der Waals surface area contributed by atoms with Gasteiger partial charge in [-0.05, 0) is 81.8 Å². The largest absolute Gasteiger partial charge is 0.392 e. The van der Waals surface area contributed by atoms with E-state index >= 15 is 0 Å². The van der Waals surface area contributed by atoms with Crippen molar-refractivity contribution < 1.29 is 14.7 Å². The highest BCUT2D eigenvalue weighted by Gasteiger charge is 2.24. The molecule has 53 heavy (non-hydrogen) atoms. The number of aryl methyl sites for hydroxylation is 2. The number of Topliss-reactive ketones (excluding diaryl/α,β-unsaturated/α-hetero) is 2. The van der Waals surface area contributed by atoms with Crippen molar-refractivity contribution in [3.05, 3.63) is 140 Å². The summed E-state index contributed by atoms with van der Waals surface area (Å²) in [6.07, 6.45) is 6.49. The van der Waals surface area contributed by atoms with E-state index in [0.717, 1.165) is 5.56 Å². The molecule has 0 saturated heterocycles. The van der Waals surface area contributed by atoms with Gasteiger partial charge in [0.15, 0.2) is 11.6 Å². The van der Waals surface area contributed by atoms with Crippen LogP contribution in [0.2, 0.25) is 5.02 Å². The number of rotatable bonds is 11. The Hall–Kier alpha value is -6.31. The molecular formula is C39H37ClN8O5. The average Bonchev–Trinajstić information content (AvgIpc) is 3.18. The van der Waals surface area contributed by atoms with Crippen LogP contribution in [0.4, 0.5) is 22.7 Å². The Balaban J connectivity index is 0.000000204. The number of halogens is 1. The first-order valence-corrected chi connectivity index (χ1v) is 17.1. The number of para-hydroxylation sites is 1. The molecule has 0 fully saturated rings. The van der Waals surface area contributed by atoms with Crippen molar-refractivity contribution in [2.24, 2.45) is 0 Å². The highest BCUT2D eigenvalue weighted by molar-refractivity contribution is 6.33. The number of aliphatic hydroxyl groups is 1. The van der Waals surface area contributed by atoms with E-state index in [1.165, 1.54) is 23.2 Å². The SMILES string of the molecule is CCn1nc(-c2cccnc2)c(C(C)=O)c(Nc2ccc(CO)cc2)c1=O.CCn1nc(-c2cccnc2)c(C(C)=O)c(Nc2ccccc2Cl)c1=O. The van der Waals surface area contributed by atoms with E-state index in [1.54, 1.807) is 97.6 Å². The molecule has 2 aromatic carbocycles. The molecule has 0 saturated carbocycles. The van der Waals surface area contributed by atoms with Crippen molar-refractivity contribution in [2.75, 3.05) is 10.6 Å². The number of aliphatic hydroxyl groups excluding tert-OH is 1. The van der Waals surface area contributed by atoms with Crippen LogP contribution in [0.1, 0.15) is 54.0 Å². The number of pyridine rings is 2. The summed E-state index contributed by atoms with van der Waals surface area (Å²) in [5.74, 6) is -0.539. The van der Waals surface area contributed by atoms with Crippen LogP contribution in [0.3, 0.4) is 0 Å². The number of nitrogens with one attached hydrogen (secondary N) is 2. The predicted molar refractivity (Wildman–Crippen MR) is 205 cm³/mol. The van der Waals surface area contributed by atoms with Crippen molar-refractivity contribution in [3.63, 3.8) is 0 Å². The number of hydrogen-bond acceptors (Lipinski definition) is 11. The van der Waals surface area contributed by atoms with Crippen LogP contribution >= 0.6 is 11.6 Å². The van der Waals surface area contributed by atoms with E-state index < -0.39 is 0 Å². The molecule has 0 amide bonds. The summed E-state index contributed by atoms with van der Waals surface area (Å²) in [7, 11) is 0. The molecule has 0 aliphatic rings. The lowest BCUT2D eigenvalue weighted by Gasteiger charge is -2.16. The predicted octanol–water partition coefficient (Wildman–Crippen LogP) is 6.69. The van der Waals surface area contributed by atoms with Crippen LogP contribution in [0.5, 0.6) is 0 Å². The second kappa shape index (κ2) is 17.3. The second-order valence-corrected chi connectivity index (χ2v) is 12.0. The van der Waals surface area contributed by atoms with Crippen molar-refractivity contribution in [2.45, 2.75) is 47.4 Å². The maximum Gasteiger partial charge on any atom is 0.291 e. The molecule has 6 aromatic rings. The number of ketones is 2. The van der Waals surface area contributed by atoms with E-state index in [2.05, 4.69) is 30.8 Å². The summed E-state index contributed by atoms with van der Waals surface area (Å²) in [6.45, 7) is 7.10. The van der Waals surface area contributed by atoms with Gasteiger partial charge in [-0.1, -0.05) is 35.9 Å². The highest BCUT2D eigenvalue weighted by Crippen LogP contribution is 2.30. The Morgan fingerprint density at radius 2 is 1.19 bits per heavy atom. The van der Waals surface area contributed by atoms with Gasteiger partial charge in [0.1, 0.15) is 22.8 Å². The summed E-state index contributed by atoms with van der Waals surface area (Å²) in [5, 5.41) is 24.5. The smallest absolute Gasteiger partial charge is 0.291 e. The molecule has 0 aliphatic heterocycles. The minimum Gasteiger partial charge on any atom is -0.392 e. The lowest BCUT2D eigenvalue weighted by molar-refractivity contribution is 0.101. The fourth-order valence-corrected chi connectivity index (χ4v) is 5.62. The van der Waals surface area contributed by atoms with Gasteiger partial charge in [0.2, 0.25) is 0 Å². The number of aromatic nitrogens is 6. The number of benzene rings is 2. The monoisotopic (exact) mass is 732 g/mol. The summed E-state index contributed by atoms with van der Waals surface area (Å²) in [4.78, 5) is 58.7. The number of nitrogens with zero attached hydrogens (tertiary/aromatic N) is 6. The number of carbonyl (C=O) groups is 2. The minimum absolute atomic E-state index is 0.0674. The van der Waals surface area contributed by atoms with Crippen LogP contribution in [-0.2, 0) is 19.7 Å². The van der Waals surface area contributed by atoms with Crippen molar-refractivity contribution >= 4 is 45.9 Å². The number of anilines is 4. The Morgan fingerprint density at radius 1 is 0.698 bits per heavy atom. The van der Waals surface area contributed by atoms with Crippen molar-refractivity contribution in [1.29, 1.82) is 0 Å².